The Hall–Kier alpha value is -1.84. The highest BCUT2D eigenvalue weighted by Crippen LogP contribution is 2.43. The van der Waals surface area contributed by atoms with Crippen LogP contribution in [0.3, 0.4) is 0 Å². The third-order valence-electron chi connectivity index (χ3n) is 4.18. The molecule has 1 heterocycles. The number of alkyl halides is 3. The first kappa shape index (κ1) is 26.2. The third kappa shape index (κ3) is 7.14. The fourth-order valence-electron chi connectivity index (χ4n) is 3.12. The number of hydrogen-bond acceptors (Lipinski definition) is 5. The minimum absolute atomic E-state index is 0.0779. The molecule has 1 fully saturated rings. The molecule has 0 saturated carbocycles. The Bertz CT molecular complexity index is 646. The van der Waals surface area contributed by atoms with E-state index in [1.807, 2.05) is 27.7 Å². The van der Waals surface area contributed by atoms with Gasteiger partial charge in [0.25, 0.3) is 5.79 Å². The summed E-state index contributed by atoms with van der Waals surface area (Å²) in [7, 11) is 0. The first-order chi connectivity index (χ1) is 13.8. The summed E-state index contributed by atoms with van der Waals surface area (Å²) in [4.78, 5) is 12.9. The second-order valence-electron chi connectivity index (χ2n) is 7.90. The maximum Gasteiger partial charge on any atom is 0.445 e. The number of benzene rings is 1. The molecule has 0 bridgehead atoms. The number of carbonyl (C=O) groups is 1. The summed E-state index contributed by atoms with van der Waals surface area (Å²) in [5.74, 6) is -4.08. The molecule has 1 N–H and O–H groups in total. The SMILES string of the molecule is CC(C)OC(C)C.CC(C)[C@@H]1N(C(=O)OCc2ccccc2)CO[C@]1(O)C(F)(F)F. The number of halogens is 3. The van der Waals surface area contributed by atoms with Gasteiger partial charge in [-0.3, -0.25) is 4.90 Å². The Morgan fingerprint density at radius 2 is 1.70 bits per heavy atom. The Kier molecular flexibility index (Phi) is 9.58. The number of amides is 1. The van der Waals surface area contributed by atoms with E-state index < -0.39 is 36.7 Å². The largest absolute Gasteiger partial charge is 0.445 e. The number of aliphatic hydroxyl groups is 1. The van der Waals surface area contributed by atoms with Crippen molar-refractivity contribution in [1.29, 1.82) is 0 Å². The number of nitrogens with zero attached hydrogens (tertiary/aromatic N) is 1. The van der Waals surface area contributed by atoms with Crippen LogP contribution < -0.4 is 0 Å². The zero-order valence-corrected chi connectivity index (χ0v) is 18.3. The molecule has 0 aliphatic carbocycles. The van der Waals surface area contributed by atoms with E-state index in [4.69, 9.17) is 9.47 Å². The zero-order chi connectivity index (χ0) is 23.1. The van der Waals surface area contributed by atoms with Crippen LogP contribution in [0, 0.1) is 5.92 Å². The first-order valence-electron chi connectivity index (χ1n) is 9.85. The van der Waals surface area contributed by atoms with Gasteiger partial charge in [0.1, 0.15) is 19.4 Å². The third-order valence-corrected chi connectivity index (χ3v) is 4.18. The maximum atomic E-state index is 13.1. The molecule has 0 aromatic heterocycles. The lowest BCUT2D eigenvalue weighted by atomic mass is 9.94. The molecule has 6 nitrogen and oxygen atoms in total. The van der Waals surface area contributed by atoms with Crippen molar-refractivity contribution in [1.82, 2.24) is 4.90 Å². The van der Waals surface area contributed by atoms with Crippen molar-refractivity contribution in [3.8, 4) is 0 Å². The predicted octanol–water partition coefficient (Wildman–Crippen LogP) is 4.71. The van der Waals surface area contributed by atoms with Crippen molar-refractivity contribution < 1.29 is 37.3 Å². The molecule has 2 rings (SSSR count). The normalized spacial score (nSPS) is 21.8. The van der Waals surface area contributed by atoms with Crippen LogP contribution in [0.4, 0.5) is 18.0 Å². The van der Waals surface area contributed by atoms with Crippen molar-refractivity contribution >= 4 is 6.09 Å². The molecule has 1 aliphatic heterocycles. The minimum atomic E-state index is -5.02. The fraction of sp³-hybridized carbons (Fsp3) is 0.667. The van der Waals surface area contributed by atoms with Crippen molar-refractivity contribution in [2.45, 2.75) is 78.4 Å². The van der Waals surface area contributed by atoms with Crippen LogP contribution in [0.1, 0.15) is 47.1 Å². The molecule has 9 heteroatoms. The highest BCUT2D eigenvalue weighted by Gasteiger charge is 2.67. The quantitative estimate of drug-likeness (QED) is 0.726. The standard InChI is InChI=1S/C15H18F3NO4.C6H14O/c1-10(2)12-14(21,15(16,17)18)23-9-19(12)13(20)22-8-11-6-4-3-5-7-11;1-5(2)7-6(3)4/h3-7,10,12,21H,8-9H2,1-2H3;5-6H,1-4H3/t12-,14-;/m0./s1. The number of carbonyl (C=O) groups excluding carboxylic acids is 1. The fourth-order valence-corrected chi connectivity index (χ4v) is 3.12. The van der Waals surface area contributed by atoms with Crippen LogP contribution in [0.5, 0.6) is 0 Å². The van der Waals surface area contributed by atoms with E-state index in [-0.39, 0.29) is 6.61 Å². The van der Waals surface area contributed by atoms with Gasteiger partial charge in [0.05, 0.1) is 12.2 Å². The first-order valence-corrected chi connectivity index (χ1v) is 9.85. The monoisotopic (exact) mass is 435 g/mol. The molecular weight excluding hydrogens is 403 g/mol. The van der Waals surface area contributed by atoms with Gasteiger partial charge in [0.2, 0.25) is 0 Å². The lowest BCUT2D eigenvalue weighted by Gasteiger charge is -2.34. The van der Waals surface area contributed by atoms with Gasteiger partial charge in [0, 0.05) is 0 Å². The number of hydrogen-bond donors (Lipinski definition) is 1. The summed E-state index contributed by atoms with van der Waals surface area (Å²) in [5.41, 5.74) is 0.702. The molecule has 1 aromatic rings. The van der Waals surface area contributed by atoms with Gasteiger partial charge in [-0.25, -0.2) is 4.79 Å². The van der Waals surface area contributed by atoms with Gasteiger partial charge in [0.15, 0.2) is 0 Å². The average Bonchev–Trinajstić information content (AvgIpc) is 2.99. The summed E-state index contributed by atoms with van der Waals surface area (Å²) in [6.45, 7) is 10.3. The molecule has 0 radical (unpaired) electrons. The van der Waals surface area contributed by atoms with Crippen LogP contribution >= 0.6 is 0 Å². The van der Waals surface area contributed by atoms with Crippen LogP contribution in [-0.4, -0.2) is 53.0 Å². The Balaban J connectivity index is 0.000000553. The molecule has 1 aliphatic rings. The molecule has 0 spiro atoms. The van der Waals surface area contributed by atoms with E-state index in [1.165, 1.54) is 13.8 Å². The van der Waals surface area contributed by atoms with E-state index in [9.17, 15) is 23.1 Å². The number of rotatable bonds is 5. The van der Waals surface area contributed by atoms with Crippen molar-refractivity contribution in [2.75, 3.05) is 6.73 Å². The van der Waals surface area contributed by atoms with E-state index in [1.54, 1.807) is 30.3 Å². The summed E-state index contributed by atoms with van der Waals surface area (Å²) in [6, 6.07) is 7.16. The highest BCUT2D eigenvalue weighted by molar-refractivity contribution is 5.68. The van der Waals surface area contributed by atoms with E-state index >= 15 is 0 Å². The second kappa shape index (κ2) is 11.0. The van der Waals surface area contributed by atoms with Gasteiger partial charge in [-0.2, -0.15) is 13.2 Å². The molecule has 2 atom stereocenters. The Morgan fingerprint density at radius 3 is 2.10 bits per heavy atom. The van der Waals surface area contributed by atoms with Crippen molar-refractivity contribution in [3.63, 3.8) is 0 Å². The predicted molar refractivity (Wildman–Crippen MR) is 105 cm³/mol. The lowest BCUT2D eigenvalue weighted by molar-refractivity contribution is -0.357. The second-order valence-corrected chi connectivity index (χ2v) is 7.90. The molecule has 1 aromatic carbocycles. The molecule has 1 saturated heterocycles. The van der Waals surface area contributed by atoms with E-state index in [0.29, 0.717) is 17.8 Å². The van der Waals surface area contributed by atoms with Gasteiger partial charge >= 0.3 is 12.3 Å². The summed E-state index contributed by atoms with van der Waals surface area (Å²) < 4.78 is 54.1. The Labute approximate surface area is 175 Å². The summed E-state index contributed by atoms with van der Waals surface area (Å²) in [6.07, 6.45) is -5.23. The van der Waals surface area contributed by atoms with Crippen molar-refractivity contribution in [3.05, 3.63) is 35.9 Å². The Morgan fingerprint density at radius 1 is 1.17 bits per heavy atom. The minimum Gasteiger partial charge on any atom is -0.444 e. The summed E-state index contributed by atoms with van der Waals surface area (Å²) >= 11 is 0. The number of ether oxygens (including phenoxy) is 3. The molecule has 30 heavy (non-hydrogen) atoms. The van der Waals surface area contributed by atoms with Gasteiger partial charge in [-0.05, 0) is 39.2 Å². The summed E-state index contributed by atoms with van der Waals surface area (Å²) in [5, 5.41) is 9.87. The highest BCUT2D eigenvalue weighted by atomic mass is 19.4. The van der Waals surface area contributed by atoms with Crippen LogP contribution in [0.15, 0.2) is 30.3 Å². The smallest absolute Gasteiger partial charge is 0.444 e. The molecular formula is C21H32F3NO5. The maximum absolute atomic E-state index is 13.1. The van der Waals surface area contributed by atoms with Crippen LogP contribution in [-0.2, 0) is 20.8 Å². The van der Waals surface area contributed by atoms with Gasteiger partial charge in [-0.1, -0.05) is 44.2 Å². The molecule has 1 amide bonds. The van der Waals surface area contributed by atoms with E-state index in [2.05, 4.69) is 4.74 Å². The molecule has 172 valence electrons. The zero-order valence-electron chi connectivity index (χ0n) is 18.3. The molecule has 0 unspecified atom stereocenters. The van der Waals surface area contributed by atoms with Gasteiger partial charge < -0.3 is 19.3 Å². The van der Waals surface area contributed by atoms with Crippen LogP contribution in [0.2, 0.25) is 0 Å². The van der Waals surface area contributed by atoms with Gasteiger partial charge in [-0.15, -0.1) is 0 Å². The van der Waals surface area contributed by atoms with Crippen LogP contribution in [0.25, 0.3) is 0 Å². The lowest BCUT2D eigenvalue weighted by Crippen LogP contribution is -2.58. The average molecular weight is 435 g/mol. The van der Waals surface area contributed by atoms with Crippen molar-refractivity contribution in [2.24, 2.45) is 5.92 Å². The topological polar surface area (TPSA) is 68.2 Å². The van der Waals surface area contributed by atoms with E-state index in [0.717, 1.165) is 4.90 Å².